The summed E-state index contributed by atoms with van der Waals surface area (Å²) in [5.41, 5.74) is 0. The predicted molar refractivity (Wildman–Crippen MR) is 267 cm³/mol. The highest BCUT2D eigenvalue weighted by molar-refractivity contribution is 5.71. The summed E-state index contributed by atoms with van der Waals surface area (Å²) >= 11 is 0. The number of esters is 2. The van der Waals surface area contributed by atoms with Gasteiger partial charge in [0.15, 0.2) is 6.10 Å². The second-order valence-electron chi connectivity index (χ2n) is 19.2. The summed E-state index contributed by atoms with van der Waals surface area (Å²) in [5, 5.41) is 9.67. The lowest BCUT2D eigenvalue weighted by Gasteiger charge is -2.25. The van der Waals surface area contributed by atoms with Crippen molar-refractivity contribution in [3.05, 3.63) is 36.5 Å². The molecule has 2 unspecified atom stereocenters. The molecule has 0 heterocycles. The van der Waals surface area contributed by atoms with Crippen molar-refractivity contribution >= 4 is 17.9 Å². The van der Waals surface area contributed by atoms with Crippen molar-refractivity contribution in [2.24, 2.45) is 0 Å². The van der Waals surface area contributed by atoms with Crippen LogP contribution in [0.1, 0.15) is 239 Å². The molecule has 0 bridgehead atoms. The maximum atomic E-state index is 12.8. The average Bonchev–Trinajstić information content (AvgIpc) is 3.26. The van der Waals surface area contributed by atoms with Crippen molar-refractivity contribution in [2.45, 2.75) is 251 Å². The molecule has 9 heteroatoms. The van der Waals surface area contributed by atoms with E-state index in [1.165, 1.54) is 154 Å². The van der Waals surface area contributed by atoms with Gasteiger partial charge in [-0.2, -0.15) is 0 Å². The first-order chi connectivity index (χ1) is 31.1. The summed E-state index contributed by atoms with van der Waals surface area (Å²) < 4.78 is 22.8. The van der Waals surface area contributed by atoms with Crippen LogP contribution in [0.5, 0.6) is 0 Å². The Morgan fingerprint density at radius 1 is 0.469 bits per heavy atom. The van der Waals surface area contributed by atoms with Gasteiger partial charge in [0.2, 0.25) is 0 Å². The molecule has 2 atom stereocenters. The van der Waals surface area contributed by atoms with Crippen molar-refractivity contribution < 1.29 is 42.9 Å². The Bertz CT molecular complexity index is 1150. The number of carboxylic acids is 1. The molecule has 0 rings (SSSR count). The standard InChI is InChI=1S/C55H101NO8/c1-6-8-10-12-14-16-18-20-22-23-24-25-26-27-28-29-30-31-32-34-36-38-40-42-44-46-53(58)64-51(50-63-55(54(59)60)61-48-47-56(3,4)5)49-62-52(57)45-43-41-39-37-35-33-21-19-17-15-13-11-9-7-2/h18,20,23-24,26-27,51,55H,6-17,19,21-22,25,28-50H2,1-5H3/p+1/b20-18-,24-23-,27-26-. The lowest BCUT2D eigenvalue weighted by Crippen LogP contribution is -2.40. The first kappa shape index (κ1) is 61.5. The van der Waals surface area contributed by atoms with E-state index in [1.807, 2.05) is 21.1 Å². The van der Waals surface area contributed by atoms with Crippen molar-refractivity contribution in [3.8, 4) is 0 Å². The summed E-state index contributed by atoms with van der Waals surface area (Å²) in [6.07, 6.45) is 52.1. The minimum absolute atomic E-state index is 0.180. The number of hydrogen-bond donors (Lipinski definition) is 1. The smallest absolute Gasteiger partial charge is 0.361 e. The van der Waals surface area contributed by atoms with Crippen LogP contribution in [0, 0.1) is 0 Å². The second-order valence-corrected chi connectivity index (χ2v) is 19.2. The summed E-state index contributed by atoms with van der Waals surface area (Å²) in [7, 11) is 5.96. The van der Waals surface area contributed by atoms with E-state index in [9.17, 15) is 19.5 Å². The summed E-state index contributed by atoms with van der Waals surface area (Å²) in [4.78, 5) is 37.3. The maximum absolute atomic E-state index is 12.8. The lowest BCUT2D eigenvalue weighted by atomic mass is 10.0. The number of ether oxygens (including phenoxy) is 4. The number of allylic oxidation sites excluding steroid dienone is 6. The van der Waals surface area contributed by atoms with E-state index in [1.54, 1.807) is 0 Å². The number of quaternary nitrogens is 1. The third-order valence-electron chi connectivity index (χ3n) is 11.6. The fraction of sp³-hybridized carbons (Fsp3) is 0.836. The SMILES string of the molecule is CCCCCCC/C=C\C/C=C\C/C=C\CCCCCCCCCCCCC(=O)OC(COC(=O)CCCCCCCCCCCCCCCC)COC(OCC[N+](C)(C)C)C(=O)O. The molecule has 0 aromatic heterocycles. The minimum atomic E-state index is -1.51. The summed E-state index contributed by atoms with van der Waals surface area (Å²) in [6.45, 7) is 4.88. The van der Waals surface area contributed by atoms with Gasteiger partial charge in [-0.3, -0.25) is 9.59 Å². The van der Waals surface area contributed by atoms with Crippen molar-refractivity contribution in [1.82, 2.24) is 0 Å². The van der Waals surface area contributed by atoms with Crippen LogP contribution in [0.25, 0.3) is 0 Å². The van der Waals surface area contributed by atoms with Gasteiger partial charge in [0.1, 0.15) is 13.2 Å². The van der Waals surface area contributed by atoms with Crippen molar-refractivity contribution in [3.63, 3.8) is 0 Å². The normalized spacial score (nSPS) is 13.1. The van der Waals surface area contributed by atoms with Crippen LogP contribution >= 0.6 is 0 Å². The number of carbonyl (C=O) groups excluding carboxylic acids is 2. The molecule has 1 N–H and O–H groups in total. The van der Waals surface area contributed by atoms with Gasteiger partial charge in [0, 0.05) is 12.8 Å². The molecule has 0 aliphatic carbocycles. The first-order valence-corrected chi connectivity index (χ1v) is 26.7. The van der Waals surface area contributed by atoms with E-state index in [0.717, 1.165) is 57.8 Å². The fourth-order valence-corrected chi connectivity index (χ4v) is 7.49. The summed E-state index contributed by atoms with van der Waals surface area (Å²) in [5.74, 6) is -2.00. The zero-order valence-electron chi connectivity index (χ0n) is 42.4. The molecule has 0 saturated carbocycles. The number of aliphatic carboxylic acids is 1. The van der Waals surface area contributed by atoms with Gasteiger partial charge >= 0.3 is 17.9 Å². The van der Waals surface area contributed by atoms with Crippen LogP contribution in [0.2, 0.25) is 0 Å². The molecular weight excluding hydrogens is 803 g/mol. The maximum Gasteiger partial charge on any atom is 0.361 e. The van der Waals surface area contributed by atoms with E-state index >= 15 is 0 Å². The Kier molecular flexibility index (Phi) is 45.2. The Morgan fingerprint density at radius 2 is 0.844 bits per heavy atom. The van der Waals surface area contributed by atoms with Gasteiger partial charge in [0.25, 0.3) is 6.29 Å². The van der Waals surface area contributed by atoms with Crippen LogP contribution in [-0.2, 0) is 33.3 Å². The highest BCUT2D eigenvalue weighted by atomic mass is 16.7. The fourth-order valence-electron chi connectivity index (χ4n) is 7.49. The number of likely N-dealkylation sites (N-methyl/N-ethyl adjacent to an activating group) is 1. The molecule has 0 aromatic rings. The molecule has 9 nitrogen and oxygen atoms in total. The van der Waals surface area contributed by atoms with Gasteiger partial charge in [0.05, 0.1) is 34.4 Å². The molecule has 0 aromatic carbocycles. The van der Waals surface area contributed by atoms with Gasteiger partial charge in [-0.05, 0) is 51.4 Å². The molecule has 0 spiro atoms. The van der Waals surface area contributed by atoms with Crippen molar-refractivity contribution in [1.29, 1.82) is 0 Å². The Hall–Kier alpha value is -2.49. The number of rotatable bonds is 49. The Morgan fingerprint density at radius 3 is 1.25 bits per heavy atom. The largest absolute Gasteiger partial charge is 0.477 e. The number of carbonyl (C=O) groups is 3. The zero-order valence-corrected chi connectivity index (χ0v) is 42.4. The van der Waals surface area contributed by atoms with Crippen LogP contribution < -0.4 is 0 Å². The number of nitrogens with zero attached hydrogens (tertiary/aromatic N) is 1. The molecule has 64 heavy (non-hydrogen) atoms. The number of hydrogen-bond acceptors (Lipinski definition) is 7. The molecule has 0 saturated heterocycles. The lowest BCUT2D eigenvalue weighted by molar-refractivity contribution is -0.870. The van der Waals surface area contributed by atoms with E-state index < -0.39 is 24.3 Å². The molecule has 0 fully saturated rings. The first-order valence-electron chi connectivity index (χ1n) is 26.7. The topological polar surface area (TPSA) is 108 Å². The molecule has 0 aliphatic heterocycles. The van der Waals surface area contributed by atoms with Crippen molar-refractivity contribution in [2.75, 3.05) is 47.5 Å². The Balaban J connectivity index is 4.27. The van der Waals surface area contributed by atoms with E-state index in [4.69, 9.17) is 18.9 Å². The third-order valence-corrected chi connectivity index (χ3v) is 11.6. The zero-order chi connectivity index (χ0) is 47.0. The minimum Gasteiger partial charge on any atom is -0.477 e. The Labute approximate surface area is 394 Å². The third kappa shape index (κ3) is 47.5. The molecule has 0 radical (unpaired) electrons. The molecular formula is C55H102NO8+. The van der Waals surface area contributed by atoms with Gasteiger partial charge in [-0.15, -0.1) is 0 Å². The van der Waals surface area contributed by atoms with Gasteiger partial charge in [-0.25, -0.2) is 4.79 Å². The highest BCUT2D eigenvalue weighted by Gasteiger charge is 2.25. The molecule has 0 amide bonds. The van der Waals surface area contributed by atoms with Crippen LogP contribution in [0.4, 0.5) is 0 Å². The average molecular weight is 905 g/mol. The van der Waals surface area contributed by atoms with Gasteiger partial charge < -0.3 is 28.5 Å². The van der Waals surface area contributed by atoms with E-state index in [2.05, 4.69) is 50.3 Å². The number of carboxylic acid groups (broad SMARTS) is 1. The van der Waals surface area contributed by atoms with Crippen LogP contribution in [0.15, 0.2) is 36.5 Å². The predicted octanol–water partition coefficient (Wildman–Crippen LogP) is 15.0. The second kappa shape index (κ2) is 47.0. The van der Waals surface area contributed by atoms with E-state index in [0.29, 0.717) is 17.4 Å². The molecule has 0 aliphatic rings. The van der Waals surface area contributed by atoms with Gasteiger partial charge in [-0.1, -0.05) is 211 Å². The van der Waals surface area contributed by atoms with Crippen LogP contribution in [-0.4, -0.2) is 87.4 Å². The highest BCUT2D eigenvalue weighted by Crippen LogP contribution is 2.16. The summed E-state index contributed by atoms with van der Waals surface area (Å²) in [6, 6.07) is 0. The van der Waals surface area contributed by atoms with Crippen LogP contribution in [0.3, 0.4) is 0 Å². The number of unbranched alkanes of at least 4 members (excludes halogenated alkanes) is 28. The quantitative estimate of drug-likeness (QED) is 0.0211. The van der Waals surface area contributed by atoms with E-state index in [-0.39, 0.29) is 32.2 Å². The molecule has 374 valence electrons. The monoisotopic (exact) mass is 905 g/mol.